The summed E-state index contributed by atoms with van der Waals surface area (Å²) in [5, 5.41) is -0.793. The van der Waals surface area contributed by atoms with Crippen LogP contribution in [-0.2, 0) is 11.7 Å². The number of thiazole rings is 1. The maximum atomic E-state index is 12.7. The zero-order valence-corrected chi connectivity index (χ0v) is 13.6. The number of hydrogen-bond acceptors (Lipinski definition) is 3. The largest absolute Gasteiger partial charge is 0.443 e. The minimum Gasteiger partial charge on any atom is -0.321 e. The van der Waals surface area contributed by atoms with E-state index in [9.17, 15) is 13.2 Å². The Labute approximate surface area is 128 Å². The Morgan fingerprint density at radius 1 is 1.33 bits per heavy atom. The third-order valence-electron chi connectivity index (χ3n) is 5.13. The first-order valence-electron chi connectivity index (χ1n) is 7.41. The van der Waals surface area contributed by atoms with Gasteiger partial charge in [-0.25, -0.2) is 4.98 Å². The van der Waals surface area contributed by atoms with E-state index in [1.54, 1.807) is 0 Å². The van der Waals surface area contributed by atoms with E-state index in [2.05, 4.69) is 25.8 Å². The third-order valence-corrected chi connectivity index (χ3v) is 6.40. The van der Waals surface area contributed by atoms with Gasteiger partial charge in [-0.3, -0.25) is 0 Å². The maximum Gasteiger partial charge on any atom is 0.443 e. The van der Waals surface area contributed by atoms with Crippen molar-refractivity contribution in [2.45, 2.75) is 64.6 Å². The molecular weight excluding hydrogens is 297 g/mol. The highest BCUT2D eigenvalue weighted by Crippen LogP contribution is 2.47. The van der Waals surface area contributed by atoms with E-state index in [4.69, 9.17) is 5.73 Å². The molecule has 1 fully saturated rings. The second-order valence-corrected chi connectivity index (χ2v) is 7.83. The Kier molecular flexibility index (Phi) is 4.42. The quantitative estimate of drug-likeness (QED) is 0.856. The highest BCUT2D eigenvalue weighted by atomic mass is 32.1. The van der Waals surface area contributed by atoms with Crippen LogP contribution in [0, 0.1) is 11.3 Å². The number of nitrogens with two attached hydrogens (primary N) is 1. The van der Waals surface area contributed by atoms with Crippen molar-refractivity contribution in [3.05, 3.63) is 16.1 Å². The molecule has 1 aromatic rings. The van der Waals surface area contributed by atoms with Crippen LogP contribution in [0.1, 0.15) is 62.8 Å². The van der Waals surface area contributed by atoms with Crippen LogP contribution >= 0.6 is 11.3 Å². The van der Waals surface area contributed by atoms with Gasteiger partial charge >= 0.3 is 6.18 Å². The smallest absolute Gasteiger partial charge is 0.321 e. The van der Waals surface area contributed by atoms with Gasteiger partial charge in [-0.1, -0.05) is 27.2 Å². The summed E-state index contributed by atoms with van der Waals surface area (Å²) >= 11 is 0.699. The fourth-order valence-electron chi connectivity index (χ4n) is 3.08. The lowest BCUT2D eigenvalue weighted by atomic mass is 9.65. The first kappa shape index (κ1) is 16.7. The monoisotopic (exact) mass is 320 g/mol. The van der Waals surface area contributed by atoms with E-state index in [0.29, 0.717) is 22.1 Å². The summed E-state index contributed by atoms with van der Waals surface area (Å²) in [6, 6.07) is 0. The highest BCUT2D eigenvalue weighted by molar-refractivity contribution is 7.11. The molecule has 0 unspecified atom stereocenters. The van der Waals surface area contributed by atoms with Crippen molar-refractivity contribution in [1.82, 2.24) is 4.98 Å². The Balaban J connectivity index is 2.10. The molecule has 0 amide bonds. The van der Waals surface area contributed by atoms with Crippen LogP contribution in [0.25, 0.3) is 0 Å². The van der Waals surface area contributed by atoms with E-state index in [1.807, 2.05) is 0 Å². The molecule has 6 heteroatoms. The lowest BCUT2D eigenvalue weighted by Gasteiger charge is -2.42. The van der Waals surface area contributed by atoms with Crippen LogP contribution in [0.4, 0.5) is 13.2 Å². The van der Waals surface area contributed by atoms with Crippen LogP contribution in [0.2, 0.25) is 0 Å². The molecule has 2 rings (SSSR count). The minimum absolute atomic E-state index is 0.270. The second kappa shape index (κ2) is 5.54. The highest BCUT2D eigenvalue weighted by Gasteiger charge is 2.41. The van der Waals surface area contributed by atoms with E-state index in [0.717, 1.165) is 32.1 Å². The zero-order chi connectivity index (χ0) is 15.9. The summed E-state index contributed by atoms with van der Waals surface area (Å²) in [5.74, 6) is 0.592. The van der Waals surface area contributed by atoms with Gasteiger partial charge in [-0.05, 0) is 37.0 Å². The maximum absolute atomic E-state index is 12.7. The Hall–Kier alpha value is -0.620. The molecule has 0 aromatic carbocycles. The first-order chi connectivity index (χ1) is 9.58. The average Bonchev–Trinajstić information content (AvgIpc) is 2.89. The van der Waals surface area contributed by atoms with Crippen LogP contribution in [-0.4, -0.2) is 4.98 Å². The Bertz CT molecular complexity index is 485. The van der Waals surface area contributed by atoms with Gasteiger partial charge in [0.2, 0.25) is 0 Å². The molecule has 120 valence electrons. The zero-order valence-electron chi connectivity index (χ0n) is 12.8. The first-order valence-corrected chi connectivity index (χ1v) is 8.22. The van der Waals surface area contributed by atoms with E-state index in [1.165, 1.54) is 6.20 Å². The lowest BCUT2D eigenvalue weighted by Crippen LogP contribution is -2.42. The molecule has 1 heterocycles. The lowest BCUT2D eigenvalue weighted by molar-refractivity contribution is -0.137. The fourth-order valence-corrected chi connectivity index (χ4v) is 4.03. The number of hydrogen-bond donors (Lipinski definition) is 1. The molecule has 0 spiro atoms. The second-order valence-electron chi connectivity index (χ2n) is 6.80. The molecule has 1 aliphatic rings. The molecule has 1 aromatic heterocycles. The van der Waals surface area contributed by atoms with Gasteiger partial charge in [0, 0.05) is 11.1 Å². The van der Waals surface area contributed by atoms with Crippen LogP contribution in [0.15, 0.2) is 6.20 Å². The van der Waals surface area contributed by atoms with Gasteiger partial charge in [0.25, 0.3) is 0 Å². The third kappa shape index (κ3) is 3.42. The summed E-state index contributed by atoms with van der Waals surface area (Å²) in [6.45, 7) is 6.70. The topological polar surface area (TPSA) is 38.9 Å². The number of nitrogens with zero attached hydrogens (tertiary/aromatic N) is 1. The van der Waals surface area contributed by atoms with Crippen molar-refractivity contribution in [2.75, 3.05) is 0 Å². The fraction of sp³-hybridized carbons (Fsp3) is 0.800. The SMILES string of the molecule is CCC(C)(C)C1CCC(N)(c2cnc(C(F)(F)F)s2)CC1. The van der Waals surface area contributed by atoms with Gasteiger partial charge in [0.15, 0.2) is 5.01 Å². The number of alkyl halides is 3. The van der Waals surface area contributed by atoms with Gasteiger partial charge in [0.05, 0.1) is 5.54 Å². The molecule has 0 bridgehead atoms. The molecule has 0 saturated heterocycles. The van der Waals surface area contributed by atoms with Crippen molar-refractivity contribution in [1.29, 1.82) is 0 Å². The molecule has 21 heavy (non-hydrogen) atoms. The van der Waals surface area contributed by atoms with Crippen LogP contribution in [0.5, 0.6) is 0 Å². The average molecular weight is 320 g/mol. The van der Waals surface area contributed by atoms with E-state index >= 15 is 0 Å². The molecule has 2 nitrogen and oxygen atoms in total. The molecule has 0 radical (unpaired) electrons. The van der Waals surface area contributed by atoms with Crippen molar-refractivity contribution in [3.8, 4) is 0 Å². The van der Waals surface area contributed by atoms with Crippen molar-refractivity contribution >= 4 is 11.3 Å². The number of aromatic nitrogens is 1. The predicted molar refractivity (Wildman–Crippen MR) is 79.0 cm³/mol. The molecule has 2 N–H and O–H groups in total. The van der Waals surface area contributed by atoms with E-state index in [-0.39, 0.29) is 5.41 Å². The van der Waals surface area contributed by atoms with Crippen molar-refractivity contribution in [3.63, 3.8) is 0 Å². The molecule has 0 aliphatic heterocycles. The summed E-state index contributed by atoms with van der Waals surface area (Å²) in [4.78, 5) is 4.08. The Morgan fingerprint density at radius 2 is 1.90 bits per heavy atom. The molecular formula is C15H23F3N2S. The van der Waals surface area contributed by atoms with Crippen LogP contribution < -0.4 is 5.73 Å². The van der Waals surface area contributed by atoms with E-state index < -0.39 is 16.7 Å². The van der Waals surface area contributed by atoms with Crippen molar-refractivity contribution in [2.24, 2.45) is 17.1 Å². The van der Waals surface area contributed by atoms with Crippen molar-refractivity contribution < 1.29 is 13.2 Å². The summed E-state index contributed by atoms with van der Waals surface area (Å²) < 4.78 is 38.0. The number of rotatable bonds is 3. The summed E-state index contributed by atoms with van der Waals surface area (Å²) in [6.07, 6.45) is 1.46. The normalized spacial score (nSPS) is 27.9. The van der Waals surface area contributed by atoms with Gasteiger partial charge in [-0.2, -0.15) is 13.2 Å². The standard InChI is InChI=1S/C15H23F3N2S/c1-4-13(2,3)10-5-7-14(19,8-6-10)11-9-20-12(21-11)15(16,17)18/h9-10H,4-8,19H2,1-3H3. The van der Waals surface area contributed by atoms with Crippen LogP contribution in [0.3, 0.4) is 0 Å². The molecule has 1 saturated carbocycles. The Morgan fingerprint density at radius 3 is 2.33 bits per heavy atom. The summed E-state index contributed by atoms with van der Waals surface area (Å²) in [7, 11) is 0. The molecule has 1 aliphatic carbocycles. The number of halogens is 3. The van der Waals surface area contributed by atoms with Gasteiger partial charge < -0.3 is 5.73 Å². The summed E-state index contributed by atoms with van der Waals surface area (Å²) in [5.41, 5.74) is 6.02. The van der Waals surface area contributed by atoms with Gasteiger partial charge in [0.1, 0.15) is 0 Å². The van der Waals surface area contributed by atoms with Gasteiger partial charge in [-0.15, -0.1) is 11.3 Å². The minimum atomic E-state index is -4.37. The predicted octanol–water partition coefficient (Wildman–Crippen LogP) is 4.94. The molecule has 0 atom stereocenters.